The van der Waals surface area contributed by atoms with Crippen LogP contribution < -0.4 is 5.32 Å². The molecule has 0 spiro atoms. The number of nitro benzene ring substituents is 1. The van der Waals surface area contributed by atoms with Crippen molar-refractivity contribution in [3.63, 3.8) is 0 Å². The van der Waals surface area contributed by atoms with Gasteiger partial charge in [-0.2, -0.15) is 13.2 Å². The highest BCUT2D eigenvalue weighted by atomic mass is 19.4. The van der Waals surface area contributed by atoms with Crippen LogP contribution >= 0.6 is 0 Å². The van der Waals surface area contributed by atoms with Crippen molar-refractivity contribution in [1.82, 2.24) is 4.90 Å². The van der Waals surface area contributed by atoms with E-state index in [1.54, 1.807) is 13.8 Å². The molecule has 0 bridgehead atoms. The third-order valence-corrected chi connectivity index (χ3v) is 4.46. The summed E-state index contributed by atoms with van der Waals surface area (Å²) in [6, 6.07) is 8.73. The predicted molar refractivity (Wildman–Crippen MR) is 102 cm³/mol. The molecule has 0 saturated heterocycles. The number of nitro groups is 1. The highest BCUT2D eigenvalue weighted by Crippen LogP contribution is 2.34. The van der Waals surface area contributed by atoms with Gasteiger partial charge in [0.1, 0.15) is 5.70 Å². The van der Waals surface area contributed by atoms with Crippen LogP contribution in [0.2, 0.25) is 0 Å². The Hall–Kier alpha value is -3.69. The molecule has 1 aliphatic rings. The Bertz CT molecular complexity index is 1060. The molecular formula is C20H16F3N3O4. The molecular weight excluding hydrogens is 403 g/mol. The highest BCUT2D eigenvalue weighted by Gasteiger charge is 2.41. The molecule has 0 saturated carbocycles. The van der Waals surface area contributed by atoms with E-state index in [4.69, 9.17) is 0 Å². The van der Waals surface area contributed by atoms with Crippen LogP contribution in [0.1, 0.15) is 25.0 Å². The number of carbonyl (C=O) groups is 2. The minimum Gasteiger partial charge on any atom is -0.350 e. The molecule has 1 N–H and O–H groups in total. The van der Waals surface area contributed by atoms with E-state index >= 15 is 0 Å². The minimum atomic E-state index is -4.58. The lowest BCUT2D eigenvalue weighted by molar-refractivity contribution is -0.384. The van der Waals surface area contributed by atoms with Gasteiger partial charge < -0.3 is 5.32 Å². The Morgan fingerprint density at radius 3 is 2.20 bits per heavy atom. The van der Waals surface area contributed by atoms with Crippen molar-refractivity contribution in [1.29, 1.82) is 0 Å². The summed E-state index contributed by atoms with van der Waals surface area (Å²) in [5.74, 6) is -1.33. The van der Waals surface area contributed by atoms with Crippen molar-refractivity contribution in [3.8, 4) is 0 Å². The fraction of sp³-hybridized carbons (Fsp3) is 0.200. The molecule has 7 nitrogen and oxygen atoms in total. The summed E-state index contributed by atoms with van der Waals surface area (Å²) in [5, 5.41) is 13.5. The summed E-state index contributed by atoms with van der Waals surface area (Å²) in [6.45, 7) is 3.24. The molecule has 0 aromatic heterocycles. The summed E-state index contributed by atoms with van der Waals surface area (Å²) in [4.78, 5) is 37.0. The van der Waals surface area contributed by atoms with Gasteiger partial charge in [0.05, 0.1) is 16.1 Å². The molecule has 156 valence electrons. The zero-order chi connectivity index (χ0) is 22.2. The molecule has 2 aromatic rings. The van der Waals surface area contributed by atoms with E-state index in [2.05, 4.69) is 5.32 Å². The molecule has 0 radical (unpaired) electrons. The number of anilines is 1. The van der Waals surface area contributed by atoms with Gasteiger partial charge in [0.2, 0.25) is 0 Å². The zero-order valence-corrected chi connectivity index (χ0v) is 15.9. The average Bonchev–Trinajstić information content (AvgIpc) is 2.91. The summed E-state index contributed by atoms with van der Waals surface area (Å²) in [5.41, 5.74) is -1.17. The molecule has 1 heterocycles. The first-order chi connectivity index (χ1) is 14.0. The maximum Gasteiger partial charge on any atom is 0.416 e. The number of non-ortho nitro benzene ring substituents is 1. The van der Waals surface area contributed by atoms with Crippen molar-refractivity contribution in [2.24, 2.45) is 0 Å². The van der Waals surface area contributed by atoms with Crippen LogP contribution in [0.3, 0.4) is 0 Å². The number of benzene rings is 2. The Balaban J connectivity index is 2.09. The maximum atomic E-state index is 13.0. The third kappa shape index (κ3) is 3.88. The number of imide groups is 1. The number of alkyl halides is 3. The van der Waals surface area contributed by atoms with E-state index in [0.29, 0.717) is 0 Å². The highest BCUT2D eigenvalue weighted by molar-refractivity contribution is 6.36. The van der Waals surface area contributed by atoms with Crippen LogP contribution in [0.15, 0.2) is 54.2 Å². The van der Waals surface area contributed by atoms with Gasteiger partial charge in [0, 0.05) is 23.9 Å². The molecule has 1 aliphatic heterocycles. The number of hydrogen-bond donors (Lipinski definition) is 1. The van der Waals surface area contributed by atoms with Gasteiger partial charge in [-0.3, -0.25) is 24.6 Å². The van der Waals surface area contributed by atoms with Crippen LogP contribution in [-0.2, 0) is 15.8 Å². The maximum absolute atomic E-state index is 13.0. The number of carbonyl (C=O) groups excluding carboxylic acids is 2. The van der Waals surface area contributed by atoms with Gasteiger partial charge >= 0.3 is 6.18 Å². The largest absolute Gasteiger partial charge is 0.416 e. The Morgan fingerprint density at radius 1 is 1.03 bits per heavy atom. The van der Waals surface area contributed by atoms with Gasteiger partial charge in [0.25, 0.3) is 17.5 Å². The summed E-state index contributed by atoms with van der Waals surface area (Å²) >= 11 is 0. The van der Waals surface area contributed by atoms with Gasteiger partial charge in [-0.05, 0) is 49.7 Å². The van der Waals surface area contributed by atoms with Crippen LogP contribution in [-0.4, -0.2) is 27.7 Å². The summed E-state index contributed by atoms with van der Waals surface area (Å²) < 4.78 is 39.0. The van der Waals surface area contributed by atoms with E-state index in [1.165, 1.54) is 36.4 Å². The SMILES string of the molecule is CC(C)N1C(=O)C(Nc2cccc(C(F)(F)F)c2)=C(c2ccc([N+](=O)[O-])cc2)C1=O. The topological polar surface area (TPSA) is 92.6 Å². The van der Waals surface area contributed by atoms with Crippen molar-refractivity contribution >= 4 is 28.8 Å². The third-order valence-electron chi connectivity index (χ3n) is 4.46. The van der Waals surface area contributed by atoms with Gasteiger partial charge in [0.15, 0.2) is 0 Å². The smallest absolute Gasteiger partial charge is 0.350 e. The lowest BCUT2D eigenvalue weighted by Gasteiger charge is -2.19. The Labute approximate surface area is 168 Å². The monoisotopic (exact) mass is 419 g/mol. The van der Waals surface area contributed by atoms with E-state index < -0.39 is 34.5 Å². The standard InChI is InChI=1S/C20H16F3N3O4/c1-11(2)25-18(27)16(12-6-8-15(9-7-12)26(29)30)17(19(25)28)24-14-5-3-4-13(10-14)20(21,22)23/h3-11,24H,1-2H3. The second-order valence-electron chi connectivity index (χ2n) is 6.83. The predicted octanol–water partition coefficient (Wildman–Crippen LogP) is 4.21. The van der Waals surface area contributed by atoms with Gasteiger partial charge in [-0.15, -0.1) is 0 Å². The van der Waals surface area contributed by atoms with Crippen molar-refractivity contribution < 1.29 is 27.7 Å². The fourth-order valence-electron chi connectivity index (χ4n) is 3.07. The number of halogens is 3. The quantitative estimate of drug-likeness (QED) is 0.445. The number of nitrogens with zero attached hydrogens (tertiary/aromatic N) is 2. The number of hydrogen-bond acceptors (Lipinski definition) is 5. The molecule has 2 aromatic carbocycles. The van der Waals surface area contributed by atoms with Crippen LogP contribution in [0.25, 0.3) is 5.57 Å². The average molecular weight is 419 g/mol. The Morgan fingerprint density at radius 2 is 1.67 bits per heavy atom. The van der Waals surface area contributed by atoms with Crippen LogP contribution in [0.4, 0.5) is 24.5 Å². The second-order valence-corrected chi connectivity index (χ2v) is 6.83. The van der Waals surface area contributed by atoms with Crippen molar-refractivity contribution in [2.45, 2.75) is 26.1 Å². The molecule has 0 fully saturated rings. The first-order valence-electron chi connectivity index (χ1n) is 8.82. The van der Waals surface area contributed by atoms with Gasteiger partial charge in [-0.25, -0.2) is 0 Å². The Kier molecular flexibility index (Phi) is 5.34. The molecule has 0 unspecified atom stereocenters. The minimum absolute atomic E-state index is 0.0222. The second kappa shape index (κ2) is 7.62. The molecule has 30 heavy (non-hydrogen) atoms. The van der Waals surface area contributed by atoms with E-state index in [-0.39, 0.29) is 28.2 Å². The lowest BCUT2D eigenvalue weighted by atomic mass is 10.0. The normalized spacial score (nSPS) is 14.7. The van der Waals surface area contributed by atoms with Crippen molar-refractivity contribution in [3.05, 3.63) is 75.5 Å². The summed E-state index contributed by atoms with van der Waals surface area (Å²) in [6.07, 6.45) is -4.58. The lowest BCUT2D eigenvalue weighted by Crippen LogP contribution is -2.38. The molecule has 2 amide bonds. The van der Waals surface area contributed by atoms with E-state index in [9.17, 15) is 32.9 Å². The molecule has 0 aliphatic carbocycles. The first-order valence-corrected chi connectivity index (χ1v) is 8.82. The number of rotatable bonds is 5. The van der Waals surface area contributed by atoms with E-state index in [0.717, 1.165) is 17.0 Å². The van der Waals surface area contributed by atoms with Crippen LogP contribution in [0.5, 0.6) is 0 Å². The first kappa shape index (κ1) is 21.0. The van der Waals surface area contributed by atoms with Crippen LogP contribution in [0, 0.1) is 10.1 Å². The molecule has 10 heteroatoms. The fourth-order valence-corrected chi connectivity index (χ4v) is 3.07. The number of nitrogens with one attached hydrogen (secondary N) is 1. The molecule has 3 rings (SSSR count). The summed E-state index contributed by atoms with van der Waals surface area (Å²) in [7, 11) is 0. The number of amides is 2. The van der Waals surface area contributed by atoms with E-state index in [1.807, 2.05) is 0 Å². The molecule has 0 atom stereocenters. The zero-order valence-electron chi connectivity index (χ0n) is 15.9. The van der Waals surface area contributed by atoms with Gasteiger partial charge in [-0.1, -0.05) is 6.07 Å². The van der Waals surface area contributed by atoms with Crippen molar-refractivity contribution in [2.75, 3.05) is 5.32 Å².